The Morgan fingerprint density at radius 1 is 0.944 bits per heavy atom. The number of phenols is 1. The largest absolute Gasteiger partial charge is 0.507 e. The van der Waals surface area contributed by atoms with Crippen molar-refractivity contribution in [3.63, 3.8) is 0 Å². The molecule has 9 heteroatoms. The van der Waals surface area contributed by atoms with E-state index in [1.54, 1.807) is 25.1 Å². The third-order valence-corrected chi connectivity index (χ3v) is 7.18. The van der Waals surface area contributed by atoms with Crippen LogP contribution in [0.4, 0.5) is 0 Å². The second-order valence-corrected chi connectivity index (χ2v) is 9.54. The van der Waals surface area contributed by atoms with Gasteiger partial charge in [0.25, 0.3) is 0 Å². The Balaban J connectivity index is 1.97. The third-order valence-electron chi connectivity index (χ3n) is 7.18. The number of ether oxygens (including phenoxy) is 3. The highest BCUT2D eigenvalue weighted by molar-refractivity contribution is 6.19. The average molecular weight is 497 g/mol. The van der Waals surface area contributed by atoms with Gasteiger partial charge in [0.1, 0.15) is 46.7 Å². The van der Waals surface area contributed by atoms with Crippen LogP contribution >= 0.6 is 0 Å². The van der Waals surface area contributed by atoms with E-state index in [9.17, 15) is 25.2 Å². The molecule has 190 valence electrons. The summed E-state index contributed by atoms with van der Waals surface area (Å²) in [5.74, 6) is 0.607. The van der Waals surface area contributed by atoms with Crippen LogP contribution in [0.1, 0.15) is 31.1 Å². The fourth-order valence-electron chi connectivity index (χ4n) is 5.28. The Hall–Kier alpha value is -3.37. The van der Waals surface area contributed by atoms with Crippen molar-refractivity contribution in [1.29, 1.82) is 0 Å². The molecule has 0 spiro atoms. The van der Waals surface area contributed by atoms with Gasteiger partial charge in [-0.25, -0.2) is 4.79 Å². The lowest BCUT2D eigenvalue weighted by Gasteiger charge is -2.46. The molecule has 1 aliphatic heterocycles. The van der Waals surface area contributed by atoms with Crippen molar-refractivity contribution in [3.8, 4) is 17.2 Å². The van der Waals surface area contributed by atoms with Crippen molar-refractivity contribution < 1.29 is 39.1 Å². The van der Waals surface area contributed by atoms with Gasteiger partial charge in [-0.2, -0.15) is 0 Å². The molecule has 36 heavy (non-hydrogen) atoms. The normalized spacial score (nSPS) is 26.6. The van der Waals surface area contributed by atoms with Gasteiger partial charge in [-0.05, 0) is 56.2 Å². The van der Waals surface area contributed by atoms with E-state index >= 15 is 0 Å². The van der Waals surface area contributed by atoms with Gasteiger partial charge >= 0.3 is 5.63 Å². The monoisotopic (exact) mass is 496 g/mol. The Kier molecular flexibility index (Phi) is 5.64. The molecule has 0 aliphatic carbocycles. The Morgan fingerprint density at radius 2 is 1.61 bits per heavy atom. The molecular formula is C27H28O9. The van der Waals surface area contributed by atoms with Crippen LogP contribution in [0.2, 0.25) is 0 Å². The molecule has 9 nitrogen and oxygen atoms in total. The molecular weight excluding hydrogens is 468 g/mol. The summed E-state index contributed by atoms with van der Waals surface area (Å²) in [6.45, 7) is 4.75. The highest BCUT2D eigenvalue weighted by Gasteiger charge is 2.51. The zero-order valence-corrected chi connectivity index (χ0v) is 20.5. The van der Waals surface area contributed by atoms with Crippen molar-refractivity contribution in [2.24, 2.45) is 0 Å². The Labute approximate surface area is 206 Å². The number of rotatable bonds is 3. The number of aliphatic hydroxyl groups is 3. The second-order valence-electron chi connectivity index (χ2n) is 9.54. The van der Waals surface area contributed by atoms with Gasteiger partial charge in [-0.3, -0.25) is 0 Å². The van der Waals surface area contributed by atoms with Crippen LogP contribution in [0.15, 0.2) is 39.5 Å². The lowest BCUT2D eigenvalue weighted by atomic mass is 9.80. The smallest absolute Gasteiger partial charge is 0.344 e. The standard InChI is InChI=1S/C27H28O9/c1-11-8-15-19(17(9-11)33-4)14-10-18(34-5)21-16(28)7-6-13(20(21)22(14)36-26(15)31)23-25(30)27(3,32)24(29)12(2)35-23/h6-10,12,23-25,28-30,32H,1-5H3/t12?,23?,24?,25?,27-/m1/s1. The van der Waals surface area contributed by atoms with Crippen LogP contribution < -0.4 is 15.1 Å². The highest BCUT2D eigenvalue weighted by Crippen LogP contribution is 2.48. The molecule has 4 unspecified atom stereocenters. The number of phenolic OH excluding ortho intramolecular Hbond substituents is 1. The van der Waals surface area contributed by atoms with Crippen molar-refractivity contribution >= 4 is 32.5 Å². The molecule has 1 saturated heterocycles. The first-order valence-electron chi connectivity index (χ1n) is 11.5. The molecule has 3 aromatic carbocycles. The topological polar surface area (TPSA) is 139 Å². The van der Waals surface area contributed by atoms with Crippen molar-refractivity contribution in [2.75, 3.05) is 14.2 Å². The SMILES string of the molecule is COc1cc2c(oc(=O)c3cc(C)cc(OC)c32)c2c(C3OC(C)C(O)[C@@](C)(O)C3O)ccc(O)c12. The summed E-state index contributed by atoms with van der Waals surface area (Å²) < 4.78 is 23.0. The molecule has 1 aromatic heterocycles. The van der Waals surface area contributed by atoms with Crippen LogP contribution in [0.3, 0.4) is 0 Å². The summed E-state index contributed by atoms with van der Waals surface area (Å²) in [6, 6.07) is 8.11. The van der Waals surface area contributed by atoms with Gasteiger partial charge in [0.2, 0.25) is 0 Å². The predicted octanol–water partition coefficient (Wildman–Crippen LogP) is 3.06. The van der Waals surface area contributed by atoms with Crippen molar-refractivity contribution in [2.45, 2.75) is 50.8 Å². The van der Waals surface area contributed by atoms with Gasteiger partial charge in [-0.1, -0.05) is 6.07 Å². The lowest BCUT2D eigenvalue weighted by molar-refractivity contribution is -0.261. The van der Waals surface area contributed by atoms with Gasteiger partial charge in [0.05, 0.1) is 31.1 Å². The molecule has 5 atom stereocenters. The molecule has 4 aromatic rings. The Bertz CT molecular complexity index is 1570. The number of aromatic hydroxyl groups is 1. The number of fused-ring (bicyclic) bond motifs is 5. The van der Waals surface area contributed by atoms with E-state index in [0.29, 0.717) is 33.2 Å². The minimum atomic E-state index is -1.89. The van der Waals surface area contributed by atoms with Gasteiger partial charge in [-0.15, -0.1) is 0 Å². The van der Waals surface area contributed by atoms with Crippen LogP contribution in [0.25, 0.3) is 32.5 Å². The second kappa shape index (κ2) is 8.35. The van der Waals surface area contributed by atoms with Gasteiger partial charge < -0.3 is 39.1 Å². The molecule has 0 amide bonds. The van der Waals surface area contributed by atoms with E-state index in [1.807, 2.05) is 6.92 Å². The van der Waals surface area contributed by atoms with Crippen LogP contribution in [0.5, 0.6) is 17.2 Å². The molecule has 2 heterocycles. The predicted molar refractivity (Wildman–Crippen MR) is 133 cm³/mol. The first-order valence-corrected chi connectivity index (χ1v) is 11.5. The highest BCUT2D eigenvalue weighted by atomic mass is 16.5. The quantitative estimate of drug-likeness (QED) is 0.249. The summed E-state index contributed by atoms with van der Waals surface area (Å²) in [6.07, 6.45) is -4.84. The fraction of sp³-hybridized carbons (Fsp3) is 0.370. The summed E-state index contributed by atoms with van der Waals surface area (Å²) in [4.78, 5) is 13.2. The third kappa shape index (κ3) is 3.35. The van der Waals surface area contributed by atoms with E-state index in [-0.39, 0.29) is 22.1 Å². The summed E-state index contributed by atoms with van der Waals surface area (Å²) in [7, 11) is 2.95. The van der Waals surface area contributed by atoms with Crippen LogP contribution in [-0.2, 0) is 4.74 Å². The molecule has 5 rings (SSSR count). The first-order chi connectivity index (χ1) is 17.0. The van der Waals surface area contributed by atoms with Gasteiger partial charge in [0.15, 0.2) is 0 Å². The fourth-order valence-corrected chi connectivity index (χ4v) is 5.28. The Morgan fingerprint density at radius 3 is 2.28 bits per heavy atom. The zero-order chi connectivity index (χ0) is 26.1. The van der Waals surface area contributed by atoms with Crippen LogP contribution in [0, 0.1) is 6.92 Å². The van der Waals surface area contributed by atoms with Crippen molar-refractivity contribution in [3.05, 3.63) is 51.9 Å². The maximum Gasteiger partial charge on any atom is 0.344 e. The molecule has 0 bridgehead atoms. The number of hydrogen-bond acceptors (Lipinski definition) is 9. The minimum Gasteiger partial charge on any atom is -0.507 e. The molecule has 4 N–H and O–H groups in total. The number of methoxy groups -OCH3 is 2. The maximum atomic E-state index is 13.2. The summed E-state index contributed by atoms with van der Waals surface area (Å²) in [5, 5.41) is 45.0. The van der Waals surface area contributed by atoms with E-state index in [1.165, 1.54) is 33.3 Å². The van der Waals surface area contributed by atoms with E-state index in [0.717, 1.165) is 5.56 Å². The number of aliphatic hydroxyl groups excluding tert-OH is 2. The van der Waals surface area contributed by atoms with Gasteiger partial charge in [0, 0.05) is 16.2 Å². The van der Waals surface area contributed by atoms with Crippen LogP contribution in [-0.4, -0.2) is 58.6 Å². The van der Waals surface area contributed by atoms with E-state index < -0.39 is 35.6 Å². The molecule has 0 radical (unpaired) electrons. The maximum absolute atomic E-state index is 13.2. The molecule has 1 fully saturated rings. The first kappa shape index (κ1) is 24.3. The number of aryl methyl sites for hydroxylation is 1. The molecule has 1 aliphatic rings. The summed E-state index contributed by atoms with van der Waals surface area (Å²) in [5.41, 5.74) is -1.22. The minimum absolute atomic E-state index is 0.130. The average Bonchev–Trinajstić information content (AvgIpc) is 2.85. The van der Waals surface area contributed by atoms with Crippen molar-refractivity contribution in [1.82, 2.24) is 0 Å². The molecule has 0 saturated carbocycles. The lowest BCUT2D eigenvalue weighted by Crippen LogP contribution is -2.61. The summed E-state index contributed by atoms with van der Waals surface area (Å²) >= 11 is 0. The number of benzene rings is 3. The zero-order valence-electron chi connectivity index (χ0n) is 20.5. The van der Waals surface area contributed by atoms with E-state index in [4.69, 9.17) is 18.6 Å². The number of hydrogen-bond donors (Lipinski definition) is 4. The van der Waals surface area contributed by atoms with E-state index in [2.05, 4.69) is 0 Å².